The Hall–Kier alpha value is -2.74. The lowest BCUT2D eigenvalue weighted by atomic mass is 10.1. The van der Waals surface area contributed by atoms with Crippen LogP contribution in [0.4, 0.5) is 5.69 Å². The van der Waals surface area contributed by atoms with E-state index in [1.165, 1.54) is 7.11 Å². The summed E-state index contributed by atoms with van der Waals surface area (Å²) in [6.45, 7) is 6.01. The summed E-state index contributed by atoms with van der Waals surface area (Å²) in [6, 6.07) is 11.6. The Morgan fingerprint density at radius 3 is 2.48 bits per heavy atom. The number of methoxy groups -OCH3 is 1. The largest absolute Gasteiger partial charge is 0.495 e. The second-order valence-corrected chi connectivity index (χ2v) is 8.53. The zero-order valence-electron chi connectivity index (χ0n) is 17.4. The summed E-state index contributed by atoms with van der Waals surface area (Å²) in [5, 5.41) is 2.81. The van der Waals surface area contributed by atoms with Crippen molar-refractivity contribution in [1.29, 1.82) is 0 Å². The molecule has 2 aromatic carbocycles. The molecular formula is C21H28N2O5S. The molecule has 8 heteroatoms. The van der Waals surface area contributed by atoms with Crippen LogP contribution in [-0.4, -0.2) is 40.3 Å². The Morgan fingerprint density at radius 1 is 1.17 bits per heavy atom. The number of carbonyl (C=O) groups excluding carboxylic acids is 1. The van der Waals surface area contributed by atoms with Crippen LogP contribution in [-0.2, 0) is 21.4 Å². The van der Waals surface area contributed by atoms with Crippen LogP contribution < -0.4 is 19.1 Å². The lowest BCUT2D eigenvalue weighted by Crippen LogP contribution is -2.47. The molecule has 0 aliphatic rings. The minimum absolute atomic E-state index is 0.224. The van der Waals surface area contributed by atoms with E-state index in [0.29, 0.717) is 23.8 Å². The van der Waals surface area contributed by atoms with E-state index in [4.69, 9.17) is 9.47 Å². The highest BCUT2D eigenvalue weighted by Gasteiger charge is 2.31. The van der Waals surface area contributed by atoms with E-state index < -0.39 is 22.0 Å². The monoisotopic (exact) mass is 420 g/mol. The predicted molar refractivity (Wildman–Crippen MR) is 114 cm³/mol. The van der Waals surface area contributed by atoms with Gasteiger partial charge in [0.25, 0.3) is 0 Å². The highest BCUT2D eigenvalue weighted by atomic mass is 32.2. The first kappa shape index (κ1) is 22.5. The molecule has 1 N–H and O–H groups in total. The van der Waals surface area contributed by atoms with Crippen molar-refractivity contribution in [3.8, 4) is 11.5 Å². The molecule has 0 bridgehead atoms. The maximum Gasteiger partial charge on any atom is 0.243 e. The summed E-state index contributed by atoms with van der Waals surface area (Å²) in [6.07, 6.45) is 1.07. The van der Waals surface area contributed by atoms with E-state index in [9.17, 15) is 13.2 Å². The van der Waals surface area contributed by atoms with E-state index in [1.54, 1.807) is 19.1 Å². The number of aryl methyl sites for hydroxylation is 1. The number of nitrogens with one attached hydrogen (secondary N) is 1. The smallest absolute Gasteiger partial charge is 0.243 e. The van der Waals surface area contributed by atoms with Crippen LogP contribution in [0.15, 0.2) is 42.5 Å². The van der Waals surface area contributed by atoms with E-state index in [-0.39, 0.29) is 6.54 Å². The van der Waals surface area contributed by atoms with E-state index >= 15 is 0 Å². The van der Waals surface area contributed by atoms with Gasteiger partial charge in [-0.25, -0.2) is 8.42 Å². The first-order chi connectivity index (χ1) is 13.7. The third kappa shape index (κ3) is 5.63. The molecule has 29 heavy (non-hydrogen) atoms. The molecule has 1 amide bonds. The lowest BCUT2D eigenvalue weighted by molar-refractivity contribution is -0.122. The molecule has 158 valence electrons. The number of anilines is 1. The molecule has 0 aromatic heterocycles. The number of ether oxygens (including phenoxy) is 2. The maximum atomic E-state index is 12.8. The molecule has 0 aliphatic carbocycles. The molecule has 0 radical (unpaired) electrons. The van der Waals surface area contributed by atoms with Crippen molar-refractivity contribution in [2.75, 3.05) is 24.3 Å². The third-order valence-corrected chi connectivity index (χ3v) is 5.61. The molecule has 0 spiro atoms. The van der Waals surface area contributed by atoms with Gasteiger partial charge in [-0.2, -0.15) is 0 Å². The molecule has 7 nitrogen and oxygen atoms in total. The predicted octanol–water partition coefficient (Wildman–Crippen LogP) is 2.87. The normalized spacial score (nSPS) is 12.2. The minimum Gasteiger partial charge on any atom is -0.495 e. The van der Waals surface area contributed by atoms with Gasteiger partial charge >= 0.3 is 0 Å². The third-order valence-electron chi connectivity index (χ3n) is 4.39. The molecule has 0 saturated heterocycles. The number of para-hydroxylation sites is 1. The average Bonchev–Trinajstić information content (AvgIpc) is 2.66. The molecule has 0 heterocycles. The zero-order valence-corrected chi connectivity index (χ0v) is 18.2. The fourth-order valence-corrected chi connectivity index (χ4v) is 4.20. The minimum atomic E-state index is -3.74. The van der Waals surface area contributed by atoms with Crippen LogP contribution in [0.1, 0.15) is 25.0 Å². The maximum absolute atomic E-state index is 12.8. The standard InChI is InChI=1S/C21H28N2O5S/c1-6-28-19-10-8-7-9-17(19)14-22-21(24)16(3)23(29(5,25)26)18-13-15(2)11-12-20(18)27-4/h7-13,16H,6,14H2,1-5H3,(H,22,24)/t16-/m0/s1. The summed E-state index contributed by atoms with van der Waals surface area (Å²) in [5.74, 6) is 0.635. The van der Waals surface area contributed by atoms with E-state index in [2.05, 4.69) is 5.32 Å². The lowest BCUT2D eigenvalue weighted by Gasteiger charge is -2.29. The van der Waals surface area contributed by atoms with Gasteiger partial charge in [-0.15, -0.1) is 0 Å². The second-order valence-electron chi connectivity index (χ2n) is 6.67. The van der Waals surface area contributed by atoms with Crippen LogP contribution in [0, 0.1) is 6.92 Å². The molecule has 2 aromatic rings. The number of sulfonamides is 1. The molecule has 0 aliphatic heterocycles. The Balaban J connectivity index is 2.28. The molecule has 0 saturated carbocycles. The van der Waals surface area contributed by atoms with E-state index in [1.807, 2.05) is 44.2 Å². The average molecular weight is 421 g/mol. The Bertz CT molecular complexity index is 959. The van der Waals surface area contributed by atoms with Gasteiger partial charge < -0.3 is 14.8 Å². The summed E-state index contributed by atoms with van der Waals surface area (Å²) >= 11 is 0. The Morgan fingerprint density at radius 2 is 1.86 bits per heavy atom. The molecular weight excluding hydrogens is 392 g/mol. The first-order valence-electron chi connectivity index (χ1n) is 9.31. The van der Waals surface area contributed by atoms with Crippen LogP contribution >= 0.6 is 0 Å². The number of carbonyl (C=O) groups is 1. The van der Waals surface area contributed by atoms with Gasteiger partial charge in [-0.3, -0.25) is 9.10 Å². The fourth-order valence-electron chi connectivity index (χ4n) is 3.03. The van der Waals surface area contributed by atoms with Crippen LogP contribution in [0.2, 0.25) is 0 Å². The first-order valence-corrected chi connectivity index (χ1v) is 11.2. The van der Waals surface area contributed by atoms with Crippen LogP contribution in [0.5, 0.6) is 11.5 Å². The highest BCUT2D eigenvalue weighted by Crippen LogP contribution is 2.32. The molecule has 2 rings (SSSR count). The van der Waals surface area contributed by atoms with Gasteiger partial charge in [0.05, 0.1) is 25.7 Å². The fraction of sp³-hybridized carbons (Fsp3) is 0.381. The van der Waals surface area contributed by atoms with Crippen molar-refractivity contribution in [2.24, 2.45) is 0 Å². The van der Waals surface area contributed by atoms with Crippen LogP contribution in [0.25, 0.3) is 0 Å². The summed E-state index contributed by atoms with van der Waals surface area (Å²) < 4.78 is 37.1. The van der Waals surface area contributed by atoms with E-state index in [0.717, 1.165) is 21.7 Å². The van der Waals surface area contributed by atoms with Gasteiger partial charge in [0.2, 0.25) is 15.9 Å². The van der Waals surface area contributed by atoms with Gasteiger partial charge in [0.1, 0.15) is 17.5 Å². The van der Waals surface area contributed by atoms with Crippen molar-refractivity contribution < 1.29 is 22.7 Å². The number of amides is 1. The highest BCUT2D eigenvalue weighted by molar-refractivity contribution is 7.92. The van der Waals surface area contributed by atoms with Gasteiger partial charge in [0, 0.05) is 12.1 Å². The van der Waals surface area contributed by atoms with Gasteiger partial charge in [-0.05, 0) is 44.5 Å². The van der Waals surface area contributed by atoms with Crippen molar-refractivity contribution >= 4 is 21.6 Å². The second kappa shape index (κ2) is 9.65. The summed E-state index contributed by atoms with van der Waals surface area (Å²) in [7, 11) is -2.28. The topological polar surface area (TPSA) is 84.9 Å². The molecule has 1 atom stereocenters. The molecule has 0 fully saturated rings. The zero-order chi connectivity index (χ0) is 21.6. The number of rotatable bonds is 9. The Kier molecular flexibility index (Phi) is 7.50. The van der Waals surface area contributed by atoms with Gasteiger partial charge in [-0.1, -0.05) is 24.3 Å². The van der Waals surface area contributed by atoms with Crippen molar-refractivity contribution in [3.63, 3.8) is 0 Å². The number of hydrogen-bond acceptors (Lipinski definition) is 5. The van der Waals surface area contributed by atoms with Crippen LogP contribution in [0.3, 0.4) is 0 Å². The number of benzene rings is 2. The summed E-state index contributed by atoms with van der Waals surface area (Å²) in [4.78, 5) is 12.8. The number of nitrogens with zero attached hydrogens (tertiary/aromatic N) is 1. The Labute approximate surface area is 172 Å². The quantitative estimate of drug-likeness (QED) is 0.674. The van der Waals surface area contributed by atoms with Crippen molar-refractivity contribution in [2.45, 2.75) is 33.4 Å². The SMILES string of the molecule is CCOc1ccccc1CNC(=O)[C@H](C)N(c1cc(C)ccc1OC)S(C)(=O)=O. The van der Waals surface area contributed by atoms with Crippen molar-refractivity contribution in [3.05, 3.63) is 53.6 Å². The summed E-state index contributed by atoms with van der Waals surface area (Å²) in [5.41, 5.74) is 1.99. The molecule has 0 unspecified atom stereocenters. The van der Waals surface area contributed by atoms with Crippen molar-refractivity contribution in [1.82, 2.24) is 5.32 Å². The van der Waals surface area contributed by atoms with Gasteiger partial charge in [0.15, 0.2) is 0 Å². The number of hydrogen-bond donors (Lipinski definition) is 1.